The number of benzene rings is 1. The summed E-state index contributed by atoms with van der Waals surface area (Å²) in [7, 11) is -3.50. The van der Waals surface area contributed by atoms with Crippen LogP contribution in [0, 0.1) is 13.8 Å². The van der Waals surface area contributed by atoms with Crippen molar-refractivity contribution in [1.82, 2.24) is 4.72 Å². The van der Waals surface area contributed by atoms with E-state index in [9.17, 15) is 8.42 Å². The number of nitrogens with two attached hydrogens (primary N) is 1. The molecule has 0 heterocycles. The molecule has 0 amide bonds. The van der Waals surface area contributed by atoms with Crippen molar-refractivity contribution in [3.05, 3.63) is 23.3 Å². The first-order valence-corrected chi connectivity index (χ1v) is 7.69. The van der Waals surface area contributed by atoms with E-state index in [4.69, 9.17) is 5.73 Å². The quantitative estimate of drug-likeness (QED) is 0.807. The highest BCUT2D eigenvalue weighted by Crippen LogP contribution is 2.25. The Morgan fingerprint density at radius 2 is 1.78 bits per heavy atom. The van der Waals surface area contributed by atoms with Gasteiger partial charge in [0.2, 0.25) is 10.0 Å². The molecule has 0 atom stereocenters. The largest absolute Gasteiger partial charge is 0.398 e. The molecule has 1 aromatic carbocycles. The maximum absolute atomic E-state index is 12.4. The van der Waals surface area contributed by atoms with Gasteiger partial charge < -0.3 is 5.73 Å². The standard InChI is InChI=1S/C13H22N2O2S/c1-5-11(6-2)15-18(16,17)13-9(3)7-8-12(14)10(13)4/h7-8,11,15H,5-6,14H2,1-4H3. The molecule has 18 heavy (non-hydrogen) atoms. The summed E-state index contributed by atoms with van der Waals surface area (Å²) in [6, 6.07) is 3.44. The minimum Gasteiger partial charge on any atom is -0.398 e. The third kappa shape index (κ3) is 3.03. The number of rotatable bonds is 5. The van der Waals surface area contributed by atoms with Crippen molar-refractivity contribution in [3.8, 4) is 0 Å². The molecule has 0 radical (unpaired) electrons. The Bertz CT molecular complexity index is 520. The Labute approximate surface area is 110 Å². The fourth-order valence-corrected chi connectivity index (χ4v) is 3.89. The molecule has 0 saturated heterocycles. The van der Waals surface area contributed by atoms with E-state index < -0.39 is 10.0 Å². The molecular formula is C13H22N2O2S. The van der Waals surface area contributed by atoms with Crippen LogP contribution in [0.2, 0.25) is 0 Å². The van der Waals surface area contributed by atoms with Crippen LogP contribution >= 0.6 is 0 Å². The maximum atomic E-state index is 12.4. The van der Waals surface area contributed by atoms with Crippen LogP contribution in [0.4, 0.5) is 5.69 Å². The summed E-state index contributed by atoms with van der Waals surface area (Å²) < 4.78 is 27.5. The number of hydrogen-bond donors (Lipinski definition) is 2. The van der Waals surface area contributed by atoms with E-state index in [1.165, 1.54) is 0 Å². The van der Waals surface area contributed by atoms with E-state index in [-0.39, 0.29) is 6.04 Å². The van der Waals surface area contributed by atoms with Crippen LogP contribution in [0.5, 0.6) is 0 Å². The van der Waals surface area contributed by atoms with Gasteiger partial charge in [-0.3, -0.25) is 0 Å². The lowest BCUT2D eigenvalue weighted by molar-refractivity contribution is 0.529. The smallest absolute Gasteiger partial charge is 0.241 e. The summed E-state index contributed by atoms with van der Waals surface area (Å²) in [5.41, 5.74) is 7.64. The van der Waals surface area contributed by atoms with Gasteiger partial charge in [0.05, 0.1) is 4.90 Å². The molecule has 102 valence electrons. The monoisotopic (exact) mass is 270 g/mol. The first-order chi connectivity index (χ1) is 8.33. The van der Waals surface area contributed by atoms with E-state index in [0.717, 1.165) is 18.4 Å². The third-order valence-corrected chi connectivity index (χ3v) is 5.03. The number of nitrogen functional groups attached to an aromatic ring is 1. The summed E-state index contributed by atoms with van der Waals surface area (Å²) in [5, 5.41) is 0. The normalized spacial score (nSPS) is 12.1. The Balaban J connectivity index is 3.25. The van der Waals surface area contributed by atoms with Gasteiger partial charge >= 0.3 is 0 Å². The molecule has 1 rings (SSSR count). The Kier molecular flexibility index (Phi) is 4.76. The van der Waals surface area contributed by atoms with Gasteiger partial charge in [-0.25, -0.2) is 13.1 Å². The molecule has 0 aliphatic carbocycles. The second-order valence-corrected chi connectivity index (χ2v) is 6.21. The molecule has 1 aromatic rings. The number of aryl methyl sites for hydroxylation is 1. The molecule has 0 saturated carbocycles. The van der Waals surface area contributed by atoms with Gasteiger partial charge in [-0.2, -0.15) is 0 Å². The summed E-state index contributed by atoms with van der Waals surface area (Å²) in [4.78, 5) is 0.314. The second kappa shape index (κ2) is 5.71. The highest BCUT2D eigenvalue weighted by molar-refractivity contribution is 7.89. The van der Waals surface area contributed by atoms with Crippen LogP contribution < -0.4 is 10.5 Å². The van der Waals surface area contributed by atoms with Crippen LogP contribution in [-0.4, -0.2) is 14.5 Å². The van der Waals surface area contributed by atoms with Gasteiger partial charge in [0.15, 0.2) is 0 Å². The predicted molar refractivity (Wildman–Crippen MR) is 75.0 cm³/mol. The lowest BCUT2D eigenvalue weighted by Gasteiger charge is -2.18. The summed E-state index contributed by atoms with van der Waals surface area (Å²) in [6.45, 7) is 7.46. The number of sulfonamides is 1. The topological polar surface area (TPSA) is 72.2 Å². The molecule has 0 aliphatic heterocycles. The second-order valence-electron chi connectivity index (χ2n) is 4.56. The van der Waals surface area contributed by atoms with Crippen molar-refractivity contribution in [2.45, 2.75) is 51.5 Å². The van der Waals surface area contributed by atoms with Crippen molar-refractivity contribution < 1.29 is 8.42 Å². The SMILES string of the molecule is CCC(CC)NS(=O)(=O)c1c(C)ccc(N)c1C. The van der Waals surface area contributed by atoms with E-state index in [1.807, 2.05) is 13.8 Å². The molecular weight excluding hydrogens is 248 g/mol. The van der Waals surface area contributed by atoms with Crippen molar-refractivity contribution in [3.63, 3.8) is 0 Å². The highest BCUT2D eigenvalue weighted by Gasteiger charge is 2.23. The first-order valence-electron chi connectivity index (χ1n) is 6.21. The van der Waals surface area contributed by atoms with E-state index in [0.29, 0.717) is 16.1 Å². The third-order valence-electron chi connectivity index (χ3n) is 3.22. The zero-order valence-corrected chi connectivity index (χ0v) is 12.3. The van der Waals surface area contributed by atoms with Crippen LogP contribution in [0.1, 0.15) is 37.8 Å². The predicted octanol–water partition coefficient (Wildman–Crippen LogP) is 2.35. The van der Waals surface area contributed by atoms with Crippen LogP contribution in [-0.2, 0) is 10.0 Å². The molecule has 0 aromatic heterocycles. The Morgan fingerprint density at radius 1 is 1.22 bits per heavy atom. The summed E-state index contributed by atoms with van der Waals surface area (Å²) in [6.07, 6.45) is 1.55. The minimum absolute atomic E-state index is 0.0322. The lowest BCUT2D eigenvalue weighted by Crippen LogP contribution is -2.34. The molecule has 3 N–H and O–H groups in total. The average molecular weight is 270 g/mol. The van der Waals surface area contributed by atoms with E-state index in [2.05, 4.69) is 4.72 Å². The van der Waals surface area contributed by atoms with Crippen molar-refractivity contribution >= 4 is 15.7 Å². The maximum Gasteiger partial charge on any atom is 0.241 e. The van der Waals surface area contributed by atoms with Gasteiger partial charge in [-0.1, -0.05) is 19.9 Å². The number of hydrogen-bond acceptors (Lipinski definition) is 3. The number of anilines is 1. The lowest BCUT2D eigenvalue weighted by atomic mass is 10.1. The zero-order valence-electron chi connectivity index (χ0n) is 11.4. The highest BCUT2D eigenvalue weighted by atomic mass is 32.2. The zero-order chi connectivity index (χ0) is 13.9. The minimum atomic E-state index is -3.50. The fourth-order valence-electron chi connectivity index (χ4n) is 1.99. The molecule has 0 bridgehead atoms. The molecule has 5 heteroatoms. The van der Waals surface area contributed by atoms with E-state index in [1.54, 1.807) is 26.0 Å². The van der Waals surface area contributed by atoms with Gasteiger partial charge in [0, 0.05) is 11.7 Å². The number of nitrogens with one attached hydrogen (secondary N) is 1. The molecule has 4 nitrogen and oxygen atoms in total. The summed E-state index contributed by atoms with van der Waals surface area (Å²) in [5.74, 6) is 0. The van der Waals surface area contributed by atoms with Crippen LogP contribution in [0.3, 0.4) is 0 Å². The van der Waals surface area contributed by atoms with Crippen molar-refractivity contribution in [2.75, 3.05) is 5.73 Å². The van der Waals surface area contributed by atoms with Crippen LogP contribution in [0.25, 0.3) is 0 Å². The fraction of sp³-hybridized carbons (Fsp3) is 0.538. The van der Waals surface area contributed by atoms with Crippen molar-refractivity contribution in [2.24, 2.45) is 0 Å². The van der Waals surface area contributed by atoms with Gasteiger partial charge in [0.1, 0.15) is 0 Å². The average Bonchev–Trinajstić information content (AvgIpc) is 2.31. The molecule has 0 fully saturated rings. The Morgan fingerprint density at radius 3 is 2.28 bits per heavy atom. The van der Waals surface area contributed by atoms with Gasteiger partial charge in [0.25, 0.3) is 0 Å². The Hall–Kier alpha value is -1.07. The first kappa shape index (κ1) is 15.0. The molecule has 0 aliphatic rings. The van der Waals surface area contributed by atoms with Crippen molar-refractivity contribution in [1.29, 1.82) is 0 Å². The van der Waals surface area contributed by atoms with Crippen LogP contribution in [0.15, 0.2) is 17.0 Å². The van der Waals surface area contributed by atoms with Gasteiger partial charge in [-0.05, 0) is 43.9 Å². The van der Waals surface area contributed by atoms with E-state index >= 15 is 0 Å². The van der Waals surface area contributed by atoms with Gasteiger partial charge in [-0.15, -0.1) is 0 Å². The summed E-state index contributed by atoms with van der Waals surface area (Å²) >= 11 is 0. The molecule has 0 spiro atoms. The molecule has 0 unspecified atom stereocenters.